The summed E-state index contributed by atoms with van der Waals surface area (Å²) in [6.45, 7) is 2.91. The van der Waals surface area contributed by atoms with Gasteiger partial charge in [-0.2, -0.15) is 0 Å². The molecule has 0 aliphatic rings. The Morgan fingerprint density at radius 2 is 2.00 bits per heavy atom. The Kier molecular flexibility index (Phi) is 5.48. The molecule has 0 aliphatic heterocycles. The quantitative estimate of drug-likeness (QED) is 0.859. The molecule has 0 aliphatic carbocycles. The lowest BCUT2D eigenvalue weighted by Crippen LogP contribution is -1.96. The van der Waals surface area contributed by atoms with Crippen LogP contribution in [-0.4, -0.2) is 18.3 Å². The highest BCUT2D eigenvalue weighted by molar-refractivity contribution is 7.10. The SMILES string of the molecule is CCOc1cccc(OCc2sccc2C#CCO)c1. The first kappa shape index (κ1) is 14.4. The van der Waals surface area contributed by atoms with Crippen molar-refractivity contribution in [3.63, 3.8) is 0 Å². The number of aliphatic hydroxyl groups is 1. The number of hydrogen-bond acceptors (Lipinski definition) is 4. The molecule has 1 heterocycles. The summed E-state index contributed by atoms with van der Waals surface area (Å²) in [5.74, 6) is 7.14. The third-order valence-corrected chi connectivity index (χ3v) is 3.43. The molecule has 0 atom stereocenters. The van der Waals surface area contributed by atoms with E-state index in [1.807, 2.05) is 42.6 Å². The second-order valence-electron chi connectivity index (χ2n) is 3.91. The van der Waals surface area contributed by atoms with E-state index in [0.717, 1.165) is 21.9 Å². The molecule has 104 valence electrons. The molecule has 1 N–H and O–H groups in total. The molecule has 2 rings (SSSR count). The summed E-state index contributed by atoms with van der Waals surface area (Å²) in [7, 11) is 0. The van der Waals surface area contributed by atoms with Gasteiger partial charge in [0.25, 0.3) is 0 Å². The Bertz CT molecular complexity index is 607. The highest BCUT2D eigenvalue weighted by Crippen LogP contribution is 2.22. The predicted molar refractivity (Wildman–Crippen MR) is 80.2 cm³/mol. The van der Waals surface area contributed by atoms with Crippen LogP contribution in [0.5, 0.6) is 11.5 Å². The first-order valence-electron chi connectivity index (χ1n) is 6.35. The number of benzene rings is 1. The fraction of sp³-hybridized carbons (Fsp3) is 0.250. The Morgan fingerprint density at radius 3 is 2.75 bits per heavy atom. The van der Waals surface area contributed by atoms with Gasteiger partial charge in [0, 0.05) is 11.6 Å². The van der Waals surface area contributed by atoms with Gasteiger partial charge in [0.2, 0.25) is 0 Å². The van der Waals surface area contributed by atoms with Gasteiger partial charge in [-0.25, -0.2) is 0 Å². The fourth-order valence-corrected chi connectivity index (χ4v) is 2.41. The Balaban J connectivity index is 2.01. The van der Waals surface area contributed by atoms with Crippen LogP contribution in [0.2, 0.25) is 0 Å². The van der Waals surface area contributed by atoms with E-state index < -0.39 is 0 Å². The van der Waals surface area contributed by atoms with Gasteiger partial charge in [0.1, 0.15) is 24.7 Å². The van der Waals surface area contributed by atoms with Crippen LogP contribution in [0, 0.1) is 11.8 Å². The van der Waals surface area contributed by atoms with Gasteiger partial charge in [-0.05, 0) is 30.5 Å². The van der Waals surface area contributed by atoms with Crippen molar-refractivity contribution in [1.29, 1.82) is 0 Å². The molecule has 0 saturated carbocycles. The zero-order valence-electron chi connectivity index (χ0n) is 11.3. The van der Waals surface area contributed by atoms with Crippen molar-refractivity contribution in [2.45, 2.75) is 13.5 Å². The Labute approximate surface area is 122 Å². The summed E-state index contributed by atoms with van der Waals surface area (Å²) in [5, 5.41) is 10.7. The summed E-state index contributed by atoms with van der Waals surface area (Å²) in [5.41, 5.74) is 0.907. The molecule has 0 radical (unpaired) electrons. The van der Waals surface area contributed by atoms with Crippen LogP contribution in [0.15, 0.2) is 35.7 Å². The lowest BCUT2D eigenvalue weighted by Gasteiger charge is -2.08. The fourth-order valence-electron chi connectivity index (χ4n) is 1.67. The predicted octanol–water partition coefficient (Wildman–Crippen LogP) is 3.07. The van der Waals surface area contributed by atoms with Crippen molar-refractivity contribution in [3.05, 3.63) is 46.2 Å². The van der Waals surface area contributed by atoms with Crippen molar-refractivity contribution in [3.8, 4) is 23.3 Å². The third kappa shape index (κ3) is 4.02. The maximum Gasteiger partial charge on any atom is 0.124 e. The van der Waals surface area contributed by atoms with E-state index in [2.05, 4.69) is 11.8 Å². The molecule has 2 aromatic rings. The molecule has 0 unspecified atom stereocenters. The smallest absolute Gasteiger partial charge is 0.124 e. The summed E-state index contributed by atoms with van der Waals surface area (Å²) in [6.07, 6.45) is 0. The zero-order valence-corrected chi connectivity index (χ0v) is 12.1. The second-order valence-corrected chi connectivity index (χ2v) is 4.91. The van der Waals surface area contributed by atoms with Crippen LogP contribution < -0.4 is 9.47 Å². The van der Waals surface area contributed by atoms with E-state index in [0.29, 0.717) is 13.2 Å². The summed E-state index contributed by atoms with van der Waals surface area (Å²) < 4.78 is 11.2. The van der Waals surface area contributed by atoms with Crippen molar-refractivity contribution in [1.82, 2.24) is 0 Å². The summed E-state index contributed by atoms with van der Waals surface area (Å²) >= 11 is 1.59. The second kappa shape index (κ2) is 7.59. The third-order valence-electron chi connectivity index (χ3n) is 2.53. The van der Waals surface area contributed by atoms with Gasteiger partial charge in [-0.3, -0.25) is 0 Å². The van der Waals surface area contributed by atoms with Gasteiger partial charge >= 0.3 is 0 Å². The van der Waals surface area contributed by atoms with Crippen molar-refractivity contribution < 1.29 is 14.6 Å². The molecular weight excluding hydrogens is 272 g/mol. The average molecular weight is 288 g/mol. The Morgan fingerprint density at radius 1 is 1.20 bits per heavy atom. The highest BCUT2D eigenvalue weighted by atomic mass is 32.1. The van der Waals surface area contributed by atoms with E-state index >= 15 is 0 Å². The number of aliphatic hydroxyl groups excluding tert-OH is 1. The van der Waals surface area contributed by atoms with Crippen LogP contribution in [0.1, 0.15) is 17.4 Å². The zero-order chi connectivity index (χ0) is 14.2. The molecule has 4 heteroatoms. The first-order chi connectivity index (χ1) is 9.83. The van der Waals surface area contributed by atoms with E-state index in [1.54, 1.807) is 11.3 Å². The summed E-state index contributed by atoms with van der Waals surface area (Å²) in [4.78, 5) is 1.05. The van der Waals surface area contributed by atoms with Crippen LogP contribution >= 0.6 is 11.3 Å². The van der Waals surface area contributed by atoms with Crippen LogP contribution in [0.3, 0.4) is 0 Å². The highest BCUT2D eigenvalue weighted by Gasteiger charge is 2.04. The molecule has 0 fully saturated rings. The number of rotatable bonds is 5. The number of hydrogen-bond donors (Lipinski definition) is 1. The molecule has 0 amide bonds. The maximum absolute atomic E-state index is 8.73. The maximum atomic E-state index is 8.73. The van der Waals surface area contributed by atoms with Gasteiger partial charge < -0.3 is 14.6 Å². The van der Waals surface area contributed by atoms with Crippen LogP contribution in [0.4, 0.5) is 0 Å². The number of thiophene rings is 1. The molecule has 1 aromatic carbocycles. The average Bonchev–Trinajstić information content (AvgIpc) is 2.91. The number of ether oxygens (including phenoxy) is 2. The van der Waals surface area contributed by atoms with Crippen LogP contribution in [-0.2, 0) is 6.61 Å². The Hall–Kier alpha value is -1.96. The minimum atomic E-state index is -0.132. The monoisotopic (exact) mass is 288 g/mol. The van der Waals surface area contributed by atoms with E-state index in [4.69, 9.17) is 14.6 Å². The summed E-state index contributed by atoms with van der Waals surface area (Å²) in [6, 6.07) is 9.51. The van der Waals surface area contributed by atoms with Crippen LogP contribution in [0.25, 0.3) is 0 Å². The molecule has 0 bridgehead atoms. The van der Waals surface area contributed by atoms with E-state index in [1.165, 1.54) is 0 Å². The van der Waals surface area contributed by atoms with Gasteiger partial charge in [-0.1, -0.05) is 17.9 Å². The normalized spacial score (nSPS) is 9.70. The molecule has 0 spiro atoms. The van der Waals surface area contributed by atoms with Crippen molar-refractivity contribution in [2.24, 2.45) is 0 Å². The van der Waals surface area contributed by atoms with Gasteiger partial charge in [0.15, 0.2) is 0 Å². The van der Waals surface area contributed by atoms with Gasteiger partial charge in [0.05, 0.1) is 11.5 Å². The minimum Gasteiger partial charge on any atom is -0.494 e. The van der Waals surface area contributed by atoms with E-state index in [-0.39, 0.29) is 6.61 Å². The first-order valence-corrected chi connectivity index (χ1v) is 7.23. The largest absolute Gasteiger partial charge is 0.494 e. The molecule has 0 saturated heterocycles. The minimum absolute atomic E-state index is 0.132. The molecule has 1 aromatic heterocycles. The standard InChI is InChI=1S/C16H16O3S/c1-2-18-14-6-3-7-15(11-14)19-12-16-13(5-4-9-17)8-10-20-16/h3,6-8,10-11,17H,2,9,12H2,1H3. The van der Waals surface area contributed by atoms with Crippen molar-refractivity contribution >= 4 is 11.3 Å². The molecule has 3 nitrogen and oxygen atoms in total. The lowest BCUT2D eigenvalue weighted by atomic mass is 10.2. The van der Waals surface area contributed by atoms with E-state index in [9.17, 15) is 0 Å². The molecular formula is C16H16O3S. The lowest BCUT2D eigenvalue weighted by molar-refractivity contribution is 0.302. The topological polar surface area (TPSA) is 38.7 Å². The van der Waals surface area contributed by atoms with Crippen molar-refractivity contribution in [2.75, 3.05) is 13.2 Å². The molecule has 20 heavy (non-hydrogen) atoms. The van der Waals surface area contributed by atoms with Gasteiger partial charge in [-0.15, -0.1) is 11.3 Å².